The SMILES string of the molecule is CCOC(=O)C1=C(CN2CCN(C(=O)NC(C)C)C(C)C2)N(CC)C(=O)NC1c1ccc(OC)cc1OC. The quantitative estimate of drug-likeness (QED) is 0.471. The van der Waals surface area contributed by atoms with E-state index in [4.69, 9.17) is 14.2 Å². The number of likely N-dealkylation sites (N-methyl/N-ethyl adjacent to an activating group) is 1. The molecule has 0 radical (unpaired) electrons. The molecule has 2 unspecified atom stereocenters. The first-order valence-corrected chi connectivity index (χ1v) is 13.1. The second kappa shape index (κ2) is 12.9. The van der Waals surface area contributed by atoms with Crippen LogP contribution < -0.4 is 20.1 Å². The number of carbonyl (C=O) groups is 3. The van der Waals surface area contributed by atoms with Gasteiger partial charge in [-0.1, -0.05) is 0 Å². The van der Waals surface area contributed by atoms with E-state index in [1.165, 1.54) is 7.11 Å². The number of methoxy groups -OCH3 is 2. The van der Waals surface area contributed by atoms with Crippen molar-refractivity contribution in [2.45, 2.75) is 52.7 Å². The van der Waals surface area contributed by atoms with Crippen molar-refractivity contribution in [1.29, 1.82) is 0 Å². The lowest BCUT2D eigenvalue weighted by Crippen LogP contribution is -2.58. The van der Waals surface area contributed by atoms with Gasteiger partial charge in [0.05, 0.1) is 32.4 Å². The van der Waals surface area contributed by atoms with Crippen molar-refractivity contribution in [3.8, 4) is 11.5 Å². The number of esters is 1. The lowest BCUT2D eigenvalue weighted by molar-refractivity contribution is -0.139. The summed E-state index contributed by atoms with van der Waals surface area (Å²) in [5.41, 5.74) is 1.58. The first-order chi connectivity index (χ1) is 18.1. The summed E-state index contributed by atoms with van der Waals surface area (Å²) >= 11 is 0. The lowest BCUT2D eigenvalue weighted by atomic mass is 9.93. The van der Waals surface area contributed by atoms with Gasteiger partial charge in [-0.25, -0.2) is 14.4 Å². The molecular weight excluding hydrogens is 490 g/mol. The maximum Gasteiger partial charge on any atom is 0.338 e. The van der Waals surface area contributed by atoms with E-state index >= 15 is 0 Å². The Hall–Kier alpha value is -3.47. The Balaban J connectivity index is 2.01. The molecule has 2 atom stereocenters. The number of hydrogen-bond donors (Lipinski definition) is 2. The van der Waals surface area contributed by atoms with Gasteiger partial charge in [0.25, 0.3) is 0 Å². The smallest absolute Gasteiger partial charge is 0.338 e. The fourth-order valence-electron chi connectivity index (χ4n) is 4.97. The molecule has 3 rings (SSSR count). The van der Waals surface area contributed by atoms with Crippen LogP contribution in [0.2, 0.25) is 0 Å². The van der Waals surface area contributed by atoms with Gasteiger partial charge in [0.15, 0.2) is 0 Å². The molecule has 2 heterocycles. The molecule has 1 saturated heterocycles. The molecule has 11 heteroatoms. The van der Waals surface area contributed by atoms with Gasteiger partial charge in [0.1, 0.15) is 11.5 Å². The summed E-state index contributed by atoms with van der Waals surface area (Å²) < 4.78 is 16.4. The molecule has 11 nitrogen and oxygen atoms in total. The molecule has 0 aliphatic carbocycles. The van der Waals surface area contributed by atoms with Gasteiger partial charge < -0.3 is 29.7 Å². The van der Waals surface area contributed by atoms with E-state index in [0.717, 1.165) is 0 Å². The van der Waals surface area contributed by atoms with E-state index in [1.807, 2.05) is 32.6 Å². The molecule has 0 bridgehead atoms. The zero-order chi connectivity index (χ0) is 28.0. The number of carbonyl (C=O) groups excluding carboxylic acids is 3. The highest BCUT2D eigenvalue weighted by molar-refractivity contribution is 5.95. The fourth-order valence-corrected chi connectivity index (χ4v) is 4.97. The summed E-state index contributed by atoms with van der Waals surface area (Å²) in [6.07, 6.45) is 0. The Morgan fingerprint density at radius 3 is 2.47 bits per heavy atom. The zero-order valence-electron chi connectivity index (χ0n) is 23.5. The molecule has 1 aromatic rings. The second-order valence-electron chi connectivity index (χ2n) is 9.70. The van der Waals surface area contributed by atoms with Crippen molar-refractivity contribution >= 4 is 18.0 Å². The molecule has 1 fully saturated rings. The van der Waals surface area contributed by atoms with Gasteiger partial charge in [-0.3, -0.25) is 9.80 Å². The van der Waals surface area contributed by atoms with Crippen LogP contribution in [0.3, 0.4) is 0 Å². The summed E-state index contributed by atoms with van der Waals surface area (Å²) in [6, 6.07) is 4.13. The van der Waals surface area contributed by atoms with Crippen LogP contribution in [0.5, 0.6) is 11.5 Å². The van der Waals surface area contributed by atoms with E-state index in [2.05, 4.69) is 15.5 Å². The Morgan fingerprint density at radius 1 is 1.16 bits per heavy atom. The molecule has 0 spiro atoms. The monoisotopic (exact) mass is 531 g/mol. The number of piperazine rings is 1. The lowest BCUT2D eigenvalue weighted by Gasteiger charge is -2.43. The second-order valence-corrected chi connectivity index (χ2v) is 9.70. The third kappa shape index (κ3) is 6.32. The van der Waals surface area contributed by atoms with Gasteiger partial charge in [0, 0.05) is 62.1 Å². The number of ether oxygens (including phenoxy) is 3. The molecule has 0 saturated carbocycles. The first kappa shape index (κ1) is 29.1. The van der Waals surface area contributed by atoms with Gasteiger partial charge in [0.2, 0.25) is 0 Å². The summed E-state index contributed by atoms with van der Waals surface area (Å²) in [5, 5.41) is 5.94. The van der Waals surface area contributed by atoms with Crippen molar-refractivity contribution in [1.82, 2.24) is 25.3 Å². The van der Waals surface area contributed by atoms with Crippen LogP contribution in [0.4, 0.5) is 9.59 Å². The summed E-state index contributed by atoms with van der Waals surface area (Å²) in [7, 11) is 3.09. The number of amides is 4. The fraction of sp³-hybridized carbons (Fsp3) is 0.593. The highest BCUT2D eigenvalue weighted by Crippen LogP contribution is 2.38. The van der Waals surface area contributed by atoms with E-state index in [0.29, 0.717) is 61.1 Å². The molecule has 0 aromatic heterocycles. The molecule has 210 valence electrons. The first-order valence-electron chi connectivity index (χ1n) is 13.1. The van der Waals surface area contributed by atoms with Crippen LogP contribution in [0.1, 0.15) is 46.2 Å². The maximum absolute atomic E-state index is 13.4. The number of hydrogen-bond acceptors (Lipinski definition) is 7. The van der Waals surface area contributed by atoms with Crippen LogP contribution in [0, 0.1) is 0 Å². The third-order valence-corrected chi connectivity index (χ3v) is 6.76. The molecular formula is C27H41N5O6. The van der Waals surface area contributed by atoms with Gasteiger partial charge in [-0.15, -0.1) is 0 Å². The van der Waals surface area contributed by atoms with Crippen LogP contribution in [-0.2, 0) is 9.53 Å². The summed E-state index contributed by atoms with van der Waals surface area (Å²) in [6.45, 7) is 12.2. The van der Waals surface area contributed by atoms with E-state index < -0.39 is 12.0 Å². The molecule has 38 heavy (non-hydrogen) atoms. The number of nitrogens with zero attached hydrogens (tertiary/aromatic N) is 3. The van der Waals surface area contributed by atoms with Crippen molar-refractivity contribution in [2.75, 3.05) is 53.6 Å². The van der Waals surface area contributed by atoms with Crippen molar-refractivity contribution in [2.24, 2.45) is 0 Å². The number of rotatable bonds is 9. The molecule has 2 aliphatic heterocycles. The van der Waals surface area contributed by atoms with E-state index in [-0.39, 0.29) is 30.8 Å². The number of benzene rings is 1. The Labute approximate surface area is 225 Å². The van der Waals surface area contributed by atoms with Crippen LogP contribution in [-0.4, -0.2) is 98.4 Å². The number of urea groups is 2. The van der Waals surface area contributed by atoms with Crippen LogP contribution in [0.15, 0.2) is 29.5 Å². The summed E-state index contributed by atoms with van der Waals surface area (Å²) in [4.78, 5) is 44.9. The largest absolute Gasteiger partial charge is 0.497 e. The van der Waals surface area contributed by atoms with E-state index in [1.54, 1.807) is 37.1 Å². The predicted octanol–water partition coefficient (Wildman–Crippen LogP) is 2.73. The summed E-state index contributed by atoms with van der Waals surface area (Å²) in [5.74, 6) is 0.587. The van der Waals surface area contributed by atoms with Gasteiger partial charge in [-0.2, -0.15) is 0 Å². The number of nitrogens with one attached hydrogen (secondary N) is 2. The minimum Gasteiger partial charge on any atom is -0.497 e. The Morgan fingerprint density at radius 2 is 1.89 bits per heavy atom. The molecule has 1 aromatic carbocycles. The Kier molecular flexibility index (Phi) is 9.84. The van der Waals surface area contributed by atoms with Crippen molar-refractivity contribution < 1.29 is 28.6 Å². The van der Waals surface area contributed by atoms with Crippen molar-refractivity contribution in [3.05, 3.63) is 35.0 Å². The average molecular weight is 532 g/mol. The standard InChI is InChI=1S/C27H41N5O6/c1-8-31-21(16-30-12-13-32(18(5)15-30)26(34)28-17(3)4)23(25(33)38-9-2)24(29-27(31)35)20-11-10-19(36-6)14-22(20)37-7/h10-11,14,17-18,24H,8-9,12-13,15-16H2,1-7H3,(H,28,34)(H,29,35). The van der Waals surface area contributed by atoms with Gasteiger partial charge >= 0.3 is 18.0 Å². The molecule has 2 N–H and O–H groups in total. The predicted molar refractivity (Wildman–Crippen MR) is 143 cm³/mol. The van der Waals surface area contributed by atoms with Gasteiger partial charge in [-0.05, 0) is 46.8 Å². The normalized spacial score (nSPS) is 20.4. The molecule has 2 aliphatic rings. The molecule has 4 amide bonds. The minimum atomic E-state index is -0.768. The minimum absolute atomic E-state index is 0.0425. The van der Waals surface area contributed by atoms with Crippen molar-refractivity contribution in [3.63, 3.8) is 0 Å². The highest BCUT2D eigenvalue weighted by atomic mass is 16.5. The van der Waals surface area contributed by atoms with Crippen LogP contribution >= 0.6 is 0 Å². The Bertz CT molecular complexity index is 1060. The average Bonchev–Trinajstić information content (AvgIpc) is 2.87. The zero-order valence-corrected chi connectivity index (χ0v) is 23.5. The highest BCUT2D eigenvalue weighted by Gasteiger charge is 2.40. The third-order valence-electron chi connectivity index (χ3n) is 6.76. The van der Waals surface area contributed by atoms with Crippen LogP contribution in [0.25, 0.3) is 0 Å². The topological polar surface area (TPSA) is 113 Å². The van der Waals surface area contributed by atoms with E-state index in [9.17, 15) is 14.4 Å². The maximum atomic E-state index is 13.4.